The molecule has 0 spiro atoms. The molecular formula is C28H24ClF3N2. The first-order valence-electron chi connectivity index (χ1n) is 11.4. The van der Waals surface area contributed by atoms with Crippen molar-refractivity contribution < 1.29 is 13.2 Å². The number of aromatic nitrogens is 2. The minimum Gasteiger partial charge on any atom is -0.361 e. The molecule has 0 aliphatic carbocycles. The van der Waals surface area contributed by atoms with Crippen molar-refractivity contribution in [2.24, 2.45) is 0 Å². The molecule has 2 heterocycles. The van der Waals surface area contributed by atoms with Crippen LogP contribution in [0.2, 0.25) is 0 Å². The van der Waals surface area contributed by atoms with Gasteiger partial charge in [-0.3, -0.25) is 0 Å². The van der Waals surface area contributed by atoms with Crippen LogP contribution in [0.25, 0.3) is 21.8 Å². The molecular weight excluding hydrogens is 457 g/mol. The number of fused-ring (bicyclic) bond motifs is 2. The fourth-order valence-electron chi connectivity index (χ4n) is 4.74. The Labute approximate surface area is 201 Å². The number of aromatic amines is 1. The molecule has 3 aromatic carbocycles. The minimum atomic E-state index is -4.41. The second-order valence-corrected chi connectivity index (χ2v) is 9.16. The molecule has 6 heteroatoms. The first kappa shape index (κ1) is 22.6. The quantitative estimate of drug-likeness (QED) is 0.235. The number of alkyl halides is 4. The van der Waals surface area contributed by atoms with Gasteiger partial charge < -0.3 is 9.55 Å². The summed E-state index contributed by atoms with van der Waals surface area (Å²) in [6.45, 7) is 2.98. The van der Waals surface area contributed by atoms with Crippen molar-refractivity contribution >= 4 is 33.4 Å². The molecule has 0 aliphatic heterocycles. The van der Waals surface area contributed by atoms with E-state index in [1.807, 2.05) is 48.7 Å². The average molecular weight is 481 g/mol. The van der Waals surface area contributed by atoms with Crippen LogP contribution in [0.15, 0.2) is 85.2 Å². The molecule has 0 fully saturated rings. The van der Waals surface area contributed by atoms with Crippen LogP contribution in [-0.4, -0.2) is 9.55 Å². The second kappa shape index (κ2) is 8.55. The number of H-pyrrole nitrogens is 1. The van der Waals surface area contributed by atoms with Crippen molar-refractivity contribution in [3.05, 3.63) is 107 Å². The lowest BCUT2D eigenvalue weighted by Gasteiger charge is -2.28. The monoisotopic (exact) mass is 480 g/mol. The Balaban J connectivity index is 1.80. The summed E-state index contributed by atoms with van der Waals surface area (Å²) in [4.78, 5) is 2.09. The summed E-state index contributed by atoms with van der Waals surface area (Å²) in [6, 6.07) is 21.1. The standard InChI is InChI=1S/C28H24ClF3N2/c1-2-3-16-34-18-24(22-9-5-7-11-26(22)34)27(29,19-12-14-20(15-13-19)28(30,31)32)23-17-33-25-10-6-4-8-21(23)25/h4-15,17-18,33H,2-3,16H2,1H3. The molecule has 0 amide bonds. The molecule has 0 aliphatic rings. The van der Waals surface area contributed by atoms with Crippen LogP contribution >= 0.6 is 11.6 Å². The third-order valence-electron chi connectivity index (χ3n) is 6.48. The average Bonchev–Trinajstić information content (AvgIpc) is 3.44. The molecule has 0 saturated heterocycles. The number of hydrogen-bond donors (Lipinski definition) is 1. The van der Waals surface area contributed by atoms with E-state index in [2.05, 4.69) is 28.7 Å². The molecule has 0 saturated carbocycles. The zero-order valence-corrected chi connectivity index (χ0v) is 19.4. The summed E-state index contributed by atoms with van der Waals surface area (Å²) in [7, 11) is 0. The summed E-state index contributed by atoms with van der Waals surface area (Å²) in [5, 5.41) is 1.92. The number of nitrogens with one attached hydrogen (secondary N) is 1. The van der Waals surface area contributed by atoms with E-state index in [1.54, 1.807) is 0 Å². The van der Waals surface area contributed by atoms with Gasteiger partial charge in [-0.15, -0.1) is 11.6 Å². The van der Waals surface area contributed by atoms with Crippen molar-refractivity contribution in [2.75, 3.05) is 0 Å². The van der Waals surface area contributed by atoms with Crippen LogP contribution in [0, 0.1) is 0 Å². The normalized spacial score (nSPS) is 14.0. The third-order valence-corrected chi connectivity index (χ3v) is 7.11. The van der Waals surface area contributed by atoms with Gasteiger partial charge in [-0.1, -0.05) is 61.9 Å². The Morgan fingerprint density at radius 1 is 0.824 bits per heavy atom. The van der Waals surface area contributed by atoms with E-state index < -0.39 is 16.6 Å². The Hall–Kier alpha value is -3.18. The second-order valence-electron chi connectivity index (χ2n) is 8.59. The number of rotatable bonds is 6. The molecule has 1 atom stereocenters. The molecule has 0 radical (unpaired) electrons. The maximum absolute atomic E-state index is 13.3. The van der Waals surface area contributed by atoms with Crippen LogP contribution in [0.3, 0.4) is 0 Å². The third kappa shape index (κ3) is 3.68. The highest BCUT2D eigenvalue weighted by Crippen LogP contribution is 2.49. The Morgan fingerprint density at radius 3 is 2.18 bits per heavy atom. The van der Waals surface area contributed by atoms with Gasteiger partial charge in [-0.25, -0.2) is 0 Å². The predicted molar refractivity (Wildman–Crippen MR) is 132 cm³/mol. The van der Waals surface area contributed by atoms with E-state index in [4.69, 9.17) is 11.6 Å². The van der Waals surface area contributed by atoms with Crippen molar-refractivity contribution in [3.8, 4) is 0 Å². The molecule has 5 rings (SSSR count). The van der Waals surface area contributed by atoms with E-state index in [1.165, 1.54) is 12.1 Å². The van der Waals surface area contributed by atoms with Gasteiger partial charge in [0, 0.05) is 51.9 Å². The minimum absolute atomic E-state index is 0.588. The highest BCUT2D eigenvalue weighted by Gasteiger charge is 2.40. The number of benzene rings is 3. The molecule has 34 heavy (non-hydrogen) atoms. The summed E-state index contributed by atoms with van der Waals surface area (Å²) in [5.41, 5.74) is 3.53. The van der Waals surface area contributed by atoms with E-state index >= 15 is 0 Å². The van der Waals surface area contributed by atoms with Gasteiger partial charge in [0.15, 0.2) is 0 Å². The molecule has 2 nitrogen and oxygen atoms in total. The summed E-state index contributed by atoms with van der Waals surface area (Å²) in [6.07, 6.45) is 1.58. The van der Waals surface area contributed by atoms with Crippen molar-refractivity contribution in [1.29, 1.82) is 0 Å². The number of aryl methyl sites for hydroxylation is 1. The van der Waals surface area contributed by atoms with E-state index in [0.717, 1.165) is 64.5 Å². The van der Waals surface area contributed by atoms with Gasteiger partial charge in [-0.05, 0) is 36.2 Å². The lowest BCUT2D eigenvalue weighted by Crippen LogP contribution is -2.22. The van der Waals surface area contributed by atoms with Crippen LogP contribution in [-0.2, 0) is 17.6 Å². The van der Waals surface area contributed by atoms with Crippen molar-refractivity contribution in [2.45, 2.75) is 37.4 Å². The molecule has 1 N–H and O–H groups in total. The molecule has 5 aromatic rings. The fraction of sp³-hybridized carbons (Fsp3) is 0.214. The zero-order chi connectivity index (χ0) is 23.9. The number of hydrogen-bond acceptors (Lipinski definition) is 0. The lowest BCUT2D eigenvalue weighted by molar-refractivity contribution is -0.137. The first-order valence-corrected chi connectivity index (χ1v) is 11.7. The van der Waals surface area contributed by atoms with Gasteiger partial charge in [0.05, 0.1) is 5.56 Å². The fourth-order valence-corrected chi connectivity index (χ4v) is 5.17. The lowest BCUT2D eigenvalue weighted by atomic mass is 9.83. The van der Waals surface area contributed by atoms with Crippen LogP contribution in [0.4, 0.5) is 13.2 Å². The van der Waals surface area contributed by atoms with Crippen LogP contribution in [0.5, 0.6) is 0 Å². The molecule has 174 valence electrons. The summed E-state index contributed by atoms with van der Waals surface area (Å²) in [5.74, 6) is 0. The molecule has 1 unspecified atom stereocenters. The highest BCUT2D eigenvalue weighted by atomic mass is 35.5. The number of nitrogens with zero attached hydrogens (tertiary/aromatic N) is 1. The first-order chi connectivity index (χ1) is 16.3. The molecule has 2 aromatic heterocycles. The van der Waals surface area contributed by atoms with Gasteiger partial charge >= 0.3 is 6.18 Å². The van der Waals surface area contributed by atoms with Crippen LogP contribution < -0.4 is 0 Å². The zero-order valence-electron chi connectivity index (χ0n) is 18.7. The Bertz CT molecular complexity index is 1450. The smallest absolute Gasteiger partial charge is 0.361 e. The van der Waals surface area contributed by atoms with Crippen molar-refractivity contribution in [3.63, 3.8) is 0 Å². The van der Waals surface area contributed by atoms with Gasteiger partial charge in [-0.2, -0.15) is 13.2 Å². The maximum Gasteiger partial charge on any atom is 0.416 e. The summed E-state index contributed by atoms with van der Waals surface area (Å²) < 4.78 is 42.1. The highest BCUT2D eigenvalue weighted by molar-refractivity contribution is 6.30. The van der Waals surface area contributed by atoms with E-state index in [-0.39, 0.29) is 0 Å². The Morgan fingerprint density at radius 2 is 1.47 bits per heavy atom. The van der Waals surface area contributed by atoms with Crippen molar-refractivity contribution in [1.82, 2.24) is 9.55 Å². The number of unbranched alkanes of at least 4 members (excludes halogenated alkanes) is 1. The number of para-hydroxylation sites is 2. The van der Waals surface area contributed by atoms with E-state index in [9.17, 15) is 13.2 Å². The van der Waals surface area contributed by atoms with Gasteiger partial charge in [0.2, 0.25) is 0 Å². The van der Waals surface area contributed by atoms with Gasteiger partial charge in [0.1, 0.15) is 4.87 Å². The SMILES string of the molecule is CCCCn1cc(C(Cl)(c2ccc(C(F)(F)F)cc2)c2c[nH]c3ccccc23)c2ccccc21. The summed E-state index contributed by atoms with van der Waals surface area (Å²) >= 11 is 7.61. The maximum atomic E-state index is 13.3. The largest absolute Gasteiger partial charge is 0.416 e. The van der Waals surface area contributed by atoms with Gasteiger partial charge in [0.25, 0.3) is 0 Å². The topological polar surface area (TPSA) is 20.7 Å². The molecule has 0 bridgehead atoms. The Kier molecular flexibility index (Phi) is 5.68. The van der Waals surface area contributed by atoms with Crippen LogP contribution in [0.1, 0.15) is 42.0 Å². The van der Waals surface area contributed by atoms with E-state index in [0.29, 0.717) is 5.56 Å². The predicted octanol–water partition coefficient (Wildman–Crippen LogP) is 8.47. The number of halogens is 4.